The van der Waals surface area contributed by atoms with Crippen molar-refractivity contribution in [2.45, 2.75) is 10.8 Å². The van der Waals surface area contributed by atoms with Gasteiger partial charge in [0.25, 0.3) is 0 Å². The molecule has 78 valence electrons. The molecule has 0 aromatic rings. The summed E-state index contributed by atoms with van der Waals surface area (Å²) in [5.74, 6) is 0. The van der Waals surface area contributed by atoms with E-state index >= 15 is 0 Å². The molecule has 1 aliphatic rings. The fourth-order valence-corrected chi connectivity index (χ4v) is 2.45. The maximum Gasteiger partial charge on any atom is 0.197 e. The van der Waals surface area contributed by atoms with Gasteiger partial charge < -0.3 is 10.5 Å². The van der Waals surface area contributed by atoms with E-state index in [9.17, 15) is 0 Å². The van der Waals surface area contributed by atoms with Crippen LogP contribution in [-0.2, 0) is 4.74 Å². The quantitative estimate of drug-likeness (QED) is 0.617. The van der Waals surface area contributed by atoms with Crippen LogP contribution >= 0.6 is 35.0 Å². The Morgan fingerprint density at radius 2 is 2.57 bits per heavy atom. The van der Waals surface area contributed by atoms with Gasteiger partial charge in [0.15, 0.2) is 4.39 Å². The minimum Gasteiger partial charge on any atom is -0.345 e. The molecule has 1 atom stereocenters. The summed E-state index contributed by atoms with van der Waals surface area (Å²) in [5.41, 5.74) is 8.93. The minimum atomic E-state index is -0.783. The van der Waals surface area contributed by atoms with Crippen LogP contribution in [0.1, 0.15) is 6.42 Å². The van der Waals surface area contributed by atoms with Gasteiger partial charge in [0.1, 0.15) is 0 Å². The second-order valence-electron chi connectivity index (χ2n) is 2.79. The first-order valence-electron chi connectivity index (χ1n) is 4.03. The number of thioether (sulfide) groups is 1. The Hall–Kier alpha value is 0.110. The van der Waals surface area contributed by atoms with Crippen LogP contribution < -0.4 is 5.73 Å². The zero-order valence-electron chi connectivity index (χ0n) is 7.56. The smallest absolute Gasteiger partial charge is 0.197 e. The SMILES string of the molecule is C=C=C(CN)COC1(Cl)CC(Cl)=CS1. The van der Waals surface area contributed by atoms with Crippen LogP contribution in [0.15, 0.2) is 28.3 Å². The molecular weight excluding hydrogens is 241 g/mol. The van der Waals surface area contributed by atoms with Gasteiger partial charge in [0.05, 0.1) is 6.61 Å². The standard InChI is InChI=1S/C9H11Cl2NOS/c1-2-7(4-12)5-13-9(11)3-8(10)6-14-9/h6H,1,3-5,12H2. The van der Waals surface area contributed by atoms with E-state index in [4.69, 9.17) is 33.7 Å². The van der Waals surface area contributed by atoms with E-state index in [1.54, 1.807) is 5.41 Å². The van der Waals surface area contributed by atoms with Gasteiger partial charge in [-0.15, -0.1) is 5.73 Å². The van der Waals surface area contributed by atoms with Crippen LogP contribution in [-0.4, -0.2) is 17.5 Å². The molecule has 0 bridgehead atoms. The van der Waals surface area contributed by atoms with Gasteiger partial charge in [-0.1, -0.05) is 41.5 Å². The van der Waals surface area contributed by atoms with Gasteiger partial charge in [-0.3, -0.25) is 0 Å². The maximum atomic E-state index is 6.13. The first-order chi connectivity index (χ1) is 6.59. The Labute approximate surface area is 97.8 Å². The summed E-state index contributed by atoms with van der Waals surface area (Å²) in [7, 11) is 0. The lowest BCUT2D eigenvalue weighted by atomic mass is 10.3. The summed E-state index contributed by atoms with van der Waals surface area (Å²) in [4.78, 5) is 0. The topological polar surface area (TPSA) is 35.2 Å². The van der Waals surface area contributed by atoms with Crippen molar-refractivity contribution in [2.75, 3.05) is 13.2 Å². The van der Waals surface area contributed by atoms with Crippen molar-refractivity contribution >= 4 is 35.0 Å². The first kappa shape index (κ1) is 12.2. The summed E-state index contributed by atoms with van der Waals surface area (Å²) in [6.45, 7) is 4.22. The van der Waals surface area contributed by atoms with Gasteiger partial charge in [-0.25, -0.2) is 0 Å². The summed E-state index contributed by atoms with van der Waals surface area (Å²) >= 11 is 13.3. The molecule has 0 radical (unpaired) electrons. The highest BCUT2D eigenvalue weighted by Crippen LogP contribution is 2.46. The van der Waals surface area contributed by atoms with Gasteiger partial charge in [0.2, 0.25) is 0 Å². The molecule has 1 unspecified atom stereocenters. The van der Waals surface area contributed by atoms with E-state index in [0.29, 0.717) is 24.6 Å². The average molecular weight is 252 g/mol. The third-order valence-electron chi connectivity index (χ3n) is 1.70. The summed E-state index contributed by atoms with van der Waals surface area (Å²) in [5, 5.41) is 2.50. The fourth-order valence-electron chi connectivity index (χ4n) is 0.899. The molecule has 0 spiro atoms. The number of halogens is 2. The first-order valence-corrected chi connectivity index (χ1v) is 5.66. The predicted molar refractivity (Wildman–Crippen MR) is 62.4 cm³/mol. The van der Waals surface area contributed by atoms with Gasteiger partial charge in [-0.2, -0.15) is 0 Å². The molecule has 0 amide bonds. The molecule has 0 aromatic carbocycles. The molecule has 0 aromatic heterocycles. The maximum absolute atomic E-state index is 6.13. The van der Waals surface area contributed by atoms with Crippen molar-refractivity contribution in [3.05, 3.63) is 28.3 Å². The Bertz CT molecular complexity index is 299. The fraction of sp³-hybridized carbons (Fsp3) is 0.444. The Morgan fingerprint density at radius 1 is 1.86 bits per heavy atom. The molecule has 0 saturated carbocycles. The van der Waals surface area contributed by atoms with Crippen LogP contribution in [0.5, 0.6) is 0 Å². The molecular formula is C9H11Cl2NOS. The second kappa shape index (κ2) is 5.26. The summed E-state index contributed by atoms with van der Waals surface area (Å²) in [6, 6.07) is 0. The van der Waals surface area contributed by atoms with Crippen LogP contribution in [0, 0.1) is 0 Å². The molecule has 0 aliphatic carbocycles. The minimum absolute atomic E-state index is 0.342. The Balaban J connectivity index is 2.43. The summed E-state index contributed by atoms with van der Waals surface area (Å²) in [6.07, 6.45) is 0.510. The molecule has 5 heteroatoms. The Morgan fingerprint density at radius 3 is 3.00 bits per heavy atom. The number of ether oxygens (including phenoxy) is 1. The van der Waals surface area contributed by atoms with Gasteiger partial charge >= 0.3 is 0 Å². The number of alkyl halides is 1. The van der Waals surface area contributed by atoms with Crippen molar-refractivity contribution in [1.82, 2.24) is 0 Å². The lowest BCUT2D eigenvalue weighted by molar-refractivity contribution is 0.106. The molecule has 2 nitrogen and oxygen atoms in total. The highest BCUT2D eigenvalue weighted by molar-refractivity contribution is 8.04. The van der Waals surface area contributed by atoms with Crippen molar-refractivity contribution in [3.8, 4) is 0 Å². The zero-order chi connectivity index (χ0) is 10.6. The van der Waals surface area contributed by atoms with Crippen LogP contribution in [0.4, 0.5) is 0 Å². The number of rotatable bonds is 4. The van der Waals surface area contributed by atoms with E-state index in [-0.39, 0.29) is 0 Å². The molecule has 14 heavy (non-hydrogen) atoms. The molecule has 1 heterocycles. The average Bonchev–Trinajstić information content (AvgIpc) is 2.49. The van der Waals surface area contributed by atoms with Gasteiger partial charge in [0, 0.05) is 23.6 Å². The molecule has 0 saturated heterocycles. The number of nitrogens with two attached hydrogens (primary N) is 1. The lowest BCUT2D eigenvalue weighted by Gasteiger charge is -2.20. The van der Waals surface area contributed by atoms with Gasteiger partial charge in [-0.05, 0) is 5.41 Å². The monoisotopic (exact) mass is 251 g/mol. The molecule has 1 rings (SSSR count). The second-order valence-corrected chi connectivity index (χ2v) is 5.24. The highest BCUT2D eigenvalue weighted by Gasteiger charge is 2.34. The normalized spacial score (nSPS) is 25.8. The predicted octanol–water partition coefficient (Wildman–Crippen LogP) is 2.78. The van der Waals surface area contributed by atoms with Crippen LogP contribution in [0.2, 0.25) is 0 Å². The van der Waals surface area contributed by atoms with Crippen molar-refractivity contribution in [2.24, 2.45) is 5.73 Å². The highest BCUT2D eigenvalue weighted by atomic mass is 35.5. The van der Waals surface area contributed by atoms with E-state index < -0.39 is 4.39 Å². The van der Waals surface area contributed by atoms with E-state index in [1.807, 2.05) is 0 Å². The molecule has 2 N–H and O–H groups in total. The number of hydrogen-bond acceptors (Lipinski definition) is 3. The third-order valence-corrected chi connectivity index (χ3v) is 3.60. The van der Waals surface area contributed by atoms with E-state index in [0.717, 1.165) is 5.57 Å². The van der Waals surface area contributed by atoms with Crippen LogP contribution in [0.3, 0.4) is 0 Å². The van der Waals surface area contributed by atoms with Crippen molar-refractivity contribution < 1.29 is 4.74 Å². The summed E-state index contributed by atoms with van der Waals surface area (Å²) < 4.78 is 4.69. The molecule has 0 fully saturated rings. The lowest BCUT2D eigenvalue weighted by Crippen LogP contribution is -2.21. The third kappa shape index (κ3) is 3.35. The zero-order valence-corrected chi connectivity index (χ0v) is 9.88. The molecule has 1 aliphatic heterocycles. The van der Waals surface area contributed by atoms with Crippen molar-refractivity contribution in [1.29, 1.82) is 0 Å². The number of hydrogen-bond donors (Lipinski definition) is 1. The van der Waals surface area contributed by atoms with Crippen LogP contribution in [0.25, 0.3) is 0 Å². The largest absolute Gasteiger partial charge is 0.345 e. The van der Waals surface area contributed by atoms with E-state index in [2.05, 4.69) is 12.3 Å². The Kier molecular flexibility index (Phi) is 4.58. The van der Waals surface area contributed by atoms with E-state index in [1.165, 1.54) is 11.8 Å². The van der Waals surface area contributed by atoms with Crippen molar-refractivity contribution in [3.63, 3.8) is 0 Å².